The molecule has 0 aliphatic rings. The number of fused-ring (bicyclic) bond motifs is 1. The highest BCUT2D eigenvalue weighted by atomic mass is 79.9. The zero-order chi connectivity index (χ0) is 13.8. The van der Waals surface area contributed by atoms with Crippen molar-refractivity contribution in [2.45, 2.75) is 6.54 Å². The number of hydrogen-bond acceptors (Lipinski definition) is 4. The predicted molar refractivity (Wildman–Crippen MR) is 82.0 cm³/mol. The van der Waals surface area contributed by atoms with E-state index in [2.05, 4.69) is 30.8 Å². The van der Waals surface area contributed by atoms with E-state index >= 15 is 0 Å². The summed E-state index contributed by atoms with van der Waals surface area (Å²) in [6, 6.07) is 1.97. The van der Waals surface area contributed by atoms with Gasteiger partial charge in [0, 0.05) is 17.2 Å². The Balaban J connectivity index is 2.00. The lowest BCUT2D eigenvalue weighted by atomic mass is 10.4. The van der Waals surface area contributed by atoms with Crippen LogP contribution in [0, 0.1) is 4.77 Å². The van der Waals surface area contributed by atoms with Crippen molar-refractivity contribution in [1.82, 2.24) is 19.4 Å². The number of likely N-dealkylation sites (N-methyl/N-ethyl adjacent to an activating group) is 1. The van der Waals surface area contributed by atoms with Crippen LogP contribution in [0.1, 0.15) is 0 Å². The highest BCUT2D eigenvalue weighted by Gasteiger charge is 2.06. The summed E-state index contributed by atoms with van der Waals surface area (Å²) < 4.78 is 9.16. The molecule has 2 aromatic rings. The predicted octanol–water partition coefficient (Wildman–Crippen LogP) is 2.43. The molecule has 0 bridgehead atoms. The minimum absolute atomic E-state index is 0.632. The third-order valence-electron chi connectivity index (χ3n) is 2.72. The second-order valence-corrected chi connectivity index (χ2v) is 5.82. The second-order valence-electron chi connectivity index (χ2n) is 4.52. The molecule has 5 nitrogen and oxygen atoms in total. The Hall–Kier alpha value is -0.760. The van der Waals surface area contributed by atoms with E-state index in [1.165, 1.54) is 0 Å². The van der Waals surface area contributed by atoms with Gasteiger partial charge in [0.15, 0.2) is 10.4 Å². The van der Waals surface area contributed by atoms with E-state index in [-0.39, 0.29) is 0 Å². The van der Waals surface area contributed by atoms with Crippen LogP contribution in [-0.2, 0) is 11.3 Å². The monoisotopic (exact) mass is 344 g/mol. The summed E-state index contributed by atoms with van der Waals surface area (Å²) in [5, 5.41) is 0. The Morgan fingerprint density at radius 2 is 2.26 bits per heavy atom. The zero-order valence-corrected chi connectivity index (χ0v) is 13.4. The second kappa shape index (κ2) is 6.60. The van der Waals surface area contributed by atoms with Crippen LogP contribution in [0.5, 0.6) is 0 Å². The van der Waals surface area contributed by atoms with Gasteiger partial charge < -0.3 is 14.6 Å². The molecule has 0 saturated carbocycles. The van der Waals surface area contributed by atoms with Crippen molar-refractivity contribution in [3.05, 3.63) is 21.5 Å². The Morgan fingerprint density at radius 3 is 3.00 bits per heavy atom. The van der Waals surface area contributed by atoms with E-state index in [0.29, 0.717) is 17.9 Å². The zero-order valence-electron chi connectivity index (χ0n) is 11.0. The molecule has 0 saturated heterocycles. The first-order chi connectivity index (χ1) is 9.08. The maximum atomic E-state index is 5.59. The summed E-state index contributed by atoms with van der Waals surface area (Å²) in [4.78, 5) is 9.63. The van der Waals surface area contributed by atoms with Crippen LogP contribution in [0.15, 0.2) is 16.7 Å². The van der Waals surface area contributed by atoms with Crippen LogP contribution >= 0.6 is 28.1 Å². The molecule has 2 rings (SSSR count). The fourth-order valence-electron chi connectivity index (χ4n) is 1.73. The first-order valence-corrected chi connectivity index (χ1v) is 7.24. The first-order valence-electron chi connectivity index (χ1n) is 6.04. The van der Waals surface area contributed by atoms with Crippen molar-refractivity contribution in [3.63, 3.8) is 0 Å². The maximum Gasteiger partial charge on any atom is 0.179 e. The van der Waals surface area contributed by atoms with Gasteiger partial charge in [-0.3, -0.25) is 4.57 Å². The van der Waals surface area contributed by atoms with E-state index < -0.39 is 0 Å². The molecule has 1 N–H and O–H groups in total. The number of nitrogens with zero attached hydrogens (tertiary/aromatic N) is 3. The largest absolute Gasteiger partial charge is 0.378 e. The van der Waals surface area contributed by atoms with Gasteiger partial charge in [0.1, 0.15) is 0 Å². The molecule has 0 atom stereocenters. The minimum atomic E-state index is 0.632. The van der Waals surface area contributed by atoms with Crippen LogP contribution in [0.2, 0.25) is 0 Å². The fraction of sp³-hybridized carbons (Fsp3) is 0.500. The van der Waals surface area contributed by atoms with Gasteiger partial charge in [-0.05, 0) is 48.3 Å². The summed E-state index contributed by atoms with van der Waals surface area (Å²) in [5.74, 6) is 0. The lowest BCUT2D eigenvalue weighted by Gasteiger charge is -2.10. The third-order valence-corrected chi connectivity index (χ3v) is 3.47. The highest BCUT2D eigenvalue weighted by Crippen LogP contribution is 2.16. The number of pyridine rings is 1. The van der Waals surface area contributed by atoms with Gasteiger partial charge in [0.25, 0.3) is 0 Å². The average molecular weight is 345 g/mol. The molecule has 0 fully saturated rings. The number of aromatic amines is 1. The summed E-state index contributed by atoms with van der Waals surface area (Å²) in [7, 11) is 4.06. The van der Waals surface area contributed by atoms with Crippen LogP contribution in [0.3, 0.4) is 0 Å². The number of hydrogen-bond donors (Lipinski definition) is 1. The molecular formula is C12H17BrN4OS. The summed E-state index contributed by atoms with van der Waals surface area (Å²) in [5.41, 5.74) is 1.80. The first kappa shape index (κ1) is 14.6. The normalized spacial score (nSPS) is 11.6. The van der Waals surface area contributed by atoms with E-state index in [1.807, 2.05) is 24.7 Å². The van der Waals surface area contributed by atoms with Gasteiger partial charge in [-0.2, -0.15) is 0 Å². The van der Waals surface area contributed by atoms with Gasteiger partial charge in [-0.25, -0.2) is 4.98 Å². The number of halogens is 1. The van der Waals surface area contributed by atoms with Crippen molar-refractivity contribution in [2.24, 2.45) is 0 Å². The van der Waals surface area contributed by atoms with E-state index in [1.54, 1.807) is 6.20 Å². The number of H-pyrrole nitrogens is 1. The van der Waals surface area contributed by atoms with E-state index in [4.69, 9.17) is 17.0 Å². The Labute approximate surface area is 125 Å². The maximum absolute atomic E-state index is 5.59. The quantitative estimate of drug-likeness (QED) is 0.645. The van der Waals surface area contributed by atoms with Gasteiger partial charge in [-0.15, -0.1) is 0 Å². The van der Waals surface area contributed by atoms with Gasteiger partial charge >= 0.3 is 0 Å². The number of imidazole rings is 1. The molecule has 0 spiro atoms. The van der Waals surface area contributed by atoms with E-state index in [0.717, 1.165) is 28.8 Å². The fourth-order valence-corrected chi connectivity index (χ4v) is 2.35. The molecule has 0 aliphatic carbocycles. The molecule has 0 radical (unpaired) electrons. The molecule has 104 valence electrons. The van der Waals surface area contributed by atoms with Gasteiger partial charge in [0.05, 0.1) is 25.3 Å². The highest BCUT2D eigenvalue weighted by molar-refractivity contribution is 9.10. The molecule has 2 heterocycles. The van der Waals surface area contributed by atoms with Gasteiger partial charge in [0.2, 0.25) is 0 Å². The van der Waals surface area contributed by atoms with Crippen LogP contribution in [0.25, 0.3) is 11.2 Å². The van der Waals surface area contributed by atoms with Crippen LogP contribution < -0.4 is 0 Å². The minimum Gasteiger partial charge on any atom is -0.378 e. The average Bonchev–Trinajstić information content (AvgIpc) is 2.64. The smallest absolute Gasteiger partial charge is 0.179 e. The van der Waals surface area contributed by atoms with Crippen LogP contribution in [-0.4, -0.2) is 53.3 Å². The van der Waals surface area contributed by atoms with Crippen molar-refractivity contribution >= 4 is 39.3 Å². The molecular weight excluding hydrogens is 328 g/mol. The van der Waals surface area contributed by atoms with E-state index in [9.17, 15) is 0 Å². The molecule has 7 heteroatoms. The summed E-state index contributed by atoms with van der Waals surface area (Å²) >= 11 is 8.70. The van der Waals surface area contributed by atoms with Crippen LogP contribution in [0.4, 0.5) is 0 Å². The lowest BCUT2D eigenvalue weighted by Crippen LogP contribution is -2.19. The Morgan fingerprint density at radius 1 is 1.47 bits per heavy atom. The van der Waals surface area contributed by atoms with Crippen molar-refractivity contribution in [3.8, 4) is 0 Å². The SMILES string of the molecule is CN(C)CCOCCn1c(=S)[nH]c2cc(Br)cnc21. The molecule has 0 aliphatic heterocycles. The van der Waals surface area contributed by atoms with Crippen molar-refractivity contribution in [1.29, 1.82) is 0 Å². The third kappa shape index (κ3) is 3.85. The number of rotatable bonds is 6. The lowest BCUT2D eigenvalue weighted by molar-refractivity contribution is 0.111. The summed E-state index contributed by atoms with van der Waals surface area (Å²) in [6.07, 6.45) is 1.77. The van der Waals surface area contributed by atoms with Gasteiger partial charge in [-0.1, -0.05) is 0 Å². The summed E-state index contributed by atoms with van der Waals surface area (Å²) in [6.45, 7) is 2.99. The Bertz CT molecular complexity index is 607. The molecule has 2 aromatic heterocycles. The molecule has 0 amide bonds. The van der Waals surface area contributed by atoms with Crippen molar-refractivity contribution < 1.29 is 4.74 Å². The topological polar surface area (TPSA) is 46.1 Å². The molecule has 19 heavy (non-hydrogen) atoms. The number of ether oxygens (including phenoxy) is 1. The molecule has 0 unspecified atom stereocenters. The number of nitrogens with one attached hydrogen (secondary N) is 1. The molecule has 0 aromatic carbocycles. The van der Waals surface area contributed by atoms with Crippen molar-refractivity contribution in [2.75, 3.05) is 33.9 Å². The Kier molecular flexibility index (Phi) is 5.09. The standard InChI is InChI=1S/C12H17BrN4OS/c1-16(2)3-5-18-6-4-17-11-10(15-12(17)19)7-9(13)8-14-11/h7-8H,3-6H2,1-2H3,(H,15,19). The number of aromatic nitrogens is 3.